The molecule has 4 aromatic rings. The van der Waals surface area contributed by atoms with Crippen LogP contribution < -0.4 is 15.6 Å². The van der Waals surface area contributed by atoms with E-state index in [2.05, 4.69) is 29.1 Å². The average Bonchev–Trinajstić information content (AvgIpc) is 2.92. The highest BCUT2D eigenvalue weighted by Crippen LogP contribution is 2.29. The molecular weight excluding hydrogens is 410 g/mol. The van der Waals surface area contributed by atoms with E-state index < -0.39 is 0 Å². The van der Waals surface area contributed by atoms with E-state index >= 15 is 0 Å². The molecule has 0 bridgehead atoms. The molecule has 0 fully saturated rings. The quantitative estimate of drug-likeness (QED) is 0.518. The summed E-state index contributed by atoms with van der Waals surface area (Å²) in [7, 11) is 2.11. The van der Waals surface area contributed by atoms with Crippen LogP contribution in [0.25, 0.3) is 16.6 Å². The van der Waals surface area contributed by atoms with Crippen molar-refractivity contribution in [2.45, 2.75) is 26.0 Å². The van der Waals surface area contributed by atoms with Gasteiger partial charge >= 0.3 is 0 Å². The average molecular weight is 436 g/mol. The maximum atomic E-state index is 12.8. The van der Waals surface area contributed by atoms with E-state index in [1.54, 1.807) is 16.8 Å². The van der Waals surface area contributed by atoms with Gasteiger partial charge in [0.1, 0.15) is 12.4 Å². The Morgan fingerprint density at radius 2 is 1.90 bits per heavy atom. The summed E-state index contributed by atoms with van der Waals surface area (Å²) >= 11 is 0. The summed E-state index contributed by atoms with van der Waals surface area (Å²) in [5.41, 5.74) is 5.78. The number of fused-ring (bicyclic) bond motifs is 3. The topological polar surface area (TPSA) is 48.2 Å². The predicted molar refractivity (Wildman–Crippen MR) is 127 cm³/mol. The van der Waals surface area contributed by atoms with Crippen molar-refractivity contribution in [3.63, 3.8) is 0 Å². The van der Waals surface area contributed by atoms with Crippen LogP contribution in [0.5, 0.6) is 5.75 Å². The molecule has 2 aromatic heterocycles. The maximum Gasteiger partial charge on any atom is 0.258 e. The molecule has 0 saturated heterocycles. The highest BCUT2D eigenvalue weighted by molar-refractivity contribution is 5.87. The van der Waals surface area contributed by atoms with Gasteiger partial charge in [0.05, 0.1) is 11.2 Å². The van der Waals surface area contributed by atoms with Crippen LogP contribution in [-0.4, -0.2) is 15.7 Å². The minimum Gasteiger partial charge on any atom is -0.489 e. The summed E-state index contributed by atoms with van der Waals surface area (Å²) in [6.45, 7) is 2.39. The molecule has 0 radical (unpaired) electrons. The van der Waals surface area contributed by atoms with Crippen LogP contribution in [0.3, 0.4) is 0 Å². The summed E-state index contributed by atoms with van der Waals surface area (Å²) in [5.74, 6) is 0.581. The number of ether oxygens (including phenoxy) is 1. The number of benzene rings is 2. The minimum absolute atomic E-state index is 0. The second-order valence-corrected chi connectivity index (χ2v) is 7.81. The fraction of sp³-hybridized carbons (Fsp3) is 0.240. The van der Waals surface area contributed by atoms with Crippen LogP contribution >= 0.6 is 12.4 Å². The monoisotopic (exact) mass is 435 g/mol. The van der Waals surface area contributed by atoms with E-state index in [0.717, 1.165) is 42.7 Å². The number of pyridine rings is 1. The number of aryl methyl sites for hydroxylation is 2. The number of hydrogen-bond donors (Lipinski definition) is 1. The molecule has 0 unspecified atom stereocenters. The van der Waals surface area contributed by atoms with Crippen molar-refractivity contribution in [3.8, 4) is 11.4 Å². The third kappa shape index (κ3) is 4.11. The van der Waals surface area contributed by atoms with Gasteiger partial charge in [-0.05, 0) is 48.7 Å². The van der Waals surface area contributed by atoms with E-state index in [-0.39, 0.29) is 18.0 Å². The van der Waals surface area contributed by atoms with E-state index in [0.29, 0.717) is 12.4 Å². The number of hydrogen-bond acceptors (Lipinski definition) is 3. The lowest BCUT2D eigenvalue weighted by molar-refractivity contribution is 0.305. The van der Waals surface area contributed by atoms with Crippen LogP contribution in [0.1, 0.15) is 23.2 Å². The van der Waals surface area contributed by atoms with Gasteiger partial charge in [-0.3, -0.25) is 9.36 Å². The third-order valence-electron chi connectivity index (χ3n) is 5.91. The Morgan fingerprint density at radius 3 is 2.71 bits per heavy atom. The molecule has 0 saturated carbocycles. The Hall–Kier alpha value is -3.02. The van der Waals surface area contributed by atoms with Gasteiger partial charge in [-0.15, -0.1) is 12.4 Å². The Bertz CT molecular complexity index is 1260. The minimum atomic E-state index is -0.0997. The standard InChI is InChI=1S/C25H25N3O2.ClH/c1-27-23-14-19(9-10-22(23)21-8-5-12-26-16-24(21)27)28-13-11-20(15-25(28)29)30-17-18-6-3-2-4-7-18;/h2-4,6-7,9-11,13-15,26H,5,8,12,16-17H2,1H3;1H. The van der Waals surface area contributed by atoms with Gasteiger partial charge < -0.3 is 14.6 Å². The molecule has 0 amide bonds. The Morgan fingerprint density at radius 1 is 1.06 bits per heavy atom. The first-order valence-corrected chi connectivity index (χ1v) is 10.4. The number of nitrogens with zero attached hydrogens (tertiary/aromatic N) is 2. The van der Waals surface area contributed by atoms with Crippen LogP contribution in [0.4, 0.5) is 0 Å². The van der Waals surface area contributed by atoms with Crippen molar-refractivity contribution in [3.05, 3.63) is 94.0 Å². The van der Waals surface area contributed by atoms with Gasteiger partial charge in [-0.25, -0.2) is 0 Å². The van der Waals surface area contributed by atoms with Crippen LogP contribution in [0.2, 0.25) is 0 Å². The fourth-order valence-electron chi connectivity index (χ4n) is 4.31. The lowest BCUT2D eigenvalue weighted by Gasteiger charge is -2.10. The molecule has 0 atom stereocenters. The Labute approximate surface area is 187 Å². The molecule has 0 spiro atoms. The summed E-state index contributed by atoms with van der Waals surface area (Å²) in [4.78, 5) is 12.8. The van der Waals surface area contributed by atoms with Crippen LogP contribution in [-0.2, 0) is 26.6 Å². The molecule has 31 heavy (non-hydrogen) atoms. The molecule has 6 heteroatoms. The first kappa shape index (κ1) is 21.2. The molecule has 1 aliphatic heterocycles. The van der Waals surface area contributed by atoms with Gasteiger partial charge in [-0.1, -0.05) is 36.4 Å². The Kier molecular flexibility index (Phi) is 6.16. The maximum absolute atomic E-state index is 12.8. The van der Waals surface area contributed by atoms with Crippen molar-refractivity contribution >= 4 is 23.3 Å². The first-order chi connectivity index (χ1) is 14.7. The molecule has 2 aromatic carbocycles. The van der Waals surface area contributed by atoms with Crippen molar-refractivity contribution in [1.82, 2.24) is 14.5 Å². The highest BCUT2D eigenvalue weighted by atomic mass is 35.5. The van der Waals surface area contributed by atoms with Crippen LogP contribution in [0.15, 0.2) is 71.7 Å². The van der Waals surface area contributed by atoms with Gasteiger partial charge in [0, 0.05) is 36.9 Å². The van der Waals surface area contributed by atoms with Gasteiger partial charge in [0.25, 0.3) is 5.56 Å². The van der Waals surface area contributed by atoms with E-state index in [9.17, 15) is 4.79 Å². The zero-order valence-electron chi connectivity index (χ0n) is 17.5. The largest absolute Gasteiger partial charge is 0.489 e. The zero-order valence-corrected chi connectivity index (χ0v) is 18.3. The van der Waals surface area contributed by atoms with Gasteiger partial charge in [0.2, 0.25) is 0 Å². The predicted octanol–water partition coefficient (Wildman–Crippen LogP) is 4.37. The smallest absolute Gasteiger partial charge is 0.258 e. The van der Waals surface area contributed by atoms with Crippen molar-refractivity contribution in [2.24, 2.45) is 7.05 Å². The molecule has 1 N–H and O–H groups in total. The summed E-state index contributed by atoms with van der Waals surface area (Å²) in [5, 5.41) is 4.79. The molecule has 5 rings (SSSR count). The van der Waals surface area contributed by atoms with E-state index in [1.165, 1.54) is 16.6 Å². The molecule has 3 heterocycles. The fourth-order valence-corrected chi connectivity index (χ4v) is 4.31. The molecule has 0 aliphatic carbocycles. The van der Waals surface area contributed by atoms with E-state index in [4.69, 9.17) is 4.74 Å². The van der Waals surface area contributed by atoms with Crippen molar-refractivity contribution < 1.29 is 4.74 Å². The summed E-state index contributed by atoms with van der Waals surface area (Å²) in [6.07, 6.45) is 4.03. The third-order valence-corrected chi connectivity index (χ3v) is 5.91. The normalized spacial score (nSPS) is 13.3. The highest BCUT2D eigenvalue weighted by Gasteiger charge is 2.17. The SMILES string of the molecule is Cl.Cn1c2c(c3ccc(-n4ccc(OCc5ccccc5)cc4=O)cc31)CCCNC2. The molecule has 1 aliphatic rings. The Balaban J connectivity index is 0.00000231. The second-order valence-electron chi connectivity index (χ2n) is 7.81. The van der Waals surface area contributed by atoms with Crippen molar-refractivity contribution in [2.75, 3.05) is 6.54 Å². The lowest BCUT2D eigenvalue weighted by Crippen LogP contribution is -2.17. The summed E-state index contributed by atoms with van der Waals surface area (Å²) < 4.78 is 9.73. The number of rotatable bonds is 4. The van der Waals surface area contributed by atoms with Crippen LogP contribution in [0, 0.1) is 0 Å². The first-order valence-electron chi connectivity index (χ1n) is 10.4. The number of aromatic nitrogens is 2. The molecular formula is C25H26ClN3O2. The molecule has 160 valence electrons. The molecule has 5 nitrogen and oxygen atoms in total. The number of nitrogens with one attached hydrogen (secondary N) is 1. The second kappa shape index (κ2) is 9.00. The van der Waals surface area contributed by atoms with E-state index in [1.807, 2.05) is 42.5 Å². The van der Waals surface area contributed by atoms with Crippen molar-refractivity contribution in [1.29, 1.82) is 0 Å². The lowest BCUT2D eigenvalue weighted by atomic mass is 10.1. The number of halogens is 1. The summed E-state index contributed by atoms with van der Waals surface area (Å²) in [6, 6.07) is 19.6. The zero-order chi connectivity index (χ0) is 20.5. The van der Waals surface area contributed by atoms with Gasteiger partial charge in [0.15, 0.2) is 0 Å². The van der Waals surface area contributed by atoms with Gasteiger partial charge in [-0.2, -0.15) is 0 Å².